The van der Waals surface area contributed by atoms with Gasteiger partial charge >= 0.3 is 17.9 Å². The molecule has 0 heterocycles. The molecule has 0 aromatic heterocycles. The molecule has 7 heteroatoms. The summed E-state index contributed by atoms with van der Waals surface area (Å²) in [6, 6.07) is 0. The zero-order valence-corrected chi connectivity index (χ0v) is 45.4. The van der Waals surface area contributed by atoms with Gasteiger partial charge in [-0.05, 0) is 156 Å². The Balaban J connectivity index is 1.43. The number of carbonyl (C=O) groups excluding carboxylic acids is 3. The predicted molar refractivity (Wildman–Crippen MR) is 281 cm³/mol. The normalized spacial score (nSPS) is 22.3. The number of hydrogen-bond donors (Lipinski definition) is 0. The number of fused-ring (bicyclic) bond motifs is 1. The van der Waals surface area contributed by atoms with Crippen molar-refractivity contribution in [3.63, 3.8) is 0 Å². The molecule has 4 atom stereocenters. The number of ether oxygens (including phenoxy) is 3. The van der Waals surface area contributed by atoms with Crippen molar-refractivity contribution >= 4 is 17.9 Å². The quantitative estimate of drug-likeness (QED) is 0.0342. The van der Waals surface area contributed by atoms with E-state index in [4.69, 9.17) is 14.2 Å². The highest BCUT2D eigenvalue weighted by atomic mass is 16.5. The van der Waals surface area contributed by atoms with Crippen LogP contribution in [0.25, 0.3) is 0 Å². The number of unbranched alkanes of at least 4 members (excludes halogenated alkanes) is 10. The summed E-state index contributed by atoms with van der Waals surface area (Å²) in [6.07, 6.45) is 45.8. The molecule has 4 aliphatic carbocycles. The van der Waals surface area contributed by atoms with Crippen LogP contribution in [0.4, 0.5) is 0 Å². The van der Waals surface area contributed by atoms with Crippen LogP contribution in [0.1, 0.15) is 292 Å². The van der Waals surface area contributed by atoms with Gasteiger partial charge in [0.15, 0.2) is 0 Å². The Kier molecular flexibility index (Phi) is 31.6. The number of nitrogens with zero attached hydrogens (tertiary/aromatic N) is 1. The third kappa shape index (κ3) is 24.9. The first-order chi connectivity index (χ1) is 32.6. The van der Waals surface area contributed by atoms with Crippen molar-refractivity contribution in [1.82, 2.24) is 4.90 Å². The number of rotatable bonds is 44. The zero-order chi connectivity index (χ0) is 48.5. The molecule has 67 heavy (non-hydrogen) atoms. The SMILES string of the molecule is CCCC(CCC)CCCCCCCCC(=O)OCCCC12CCC3(CCCOC(=O)CCCN(CC)CC)CC(C1)CC(CCCOC(=O)CCCCCCCCC(CCC)CCC)(C2)C3. The van der Waals surface area contributed by atoms with Gasteiger partial charge in [0.05, 0.1) is 19.8 Å². The van der Waals surface area contributed by atoms with Crippen LogP contribution < -0.4 is 0 Å². The van der Waals surface area contributed by atoms with E-state index in [0.717, 1.165) is 108 Å². The van der Waals surface area contributed by atoms with Crippen LogP contribution in [0.3, 0.4) is 0 Å². The van der Waals surface area contributed by atoms with E-state index in [-0.39, 0.29) is 23.3 Å². The second-order valence-corrected chi connectivity index (χ2v) is 23.1. The van der Waals surface area contributed by atoms with Crippen molar-refractivity contribution in [3.8, 4) is 0 Å². The van der Waals surface area contributed by atoms with Crippen molar-refractivity contribution in [3.05, 3.63) is 0 Å². The zero-order valence-electron chi connectivity index (χ0n) is 45.4. The van der Waals surface area contributed by atoms with Gasteiger partial charge in [0.25, 0.3) is 0 Å². The van der Waals surface area contributed by atoms with Crippen LogP contribution in [0.5, 0.6) is 0 Å². The van der Waals surface area contributed by atoms with Crippen molar-refractivity contribution in [1.29, 1.82) is 0 Å². The van der Waals surface area contributed by atoms with E-state index < -0.39 is 0 Å². The summed E-state index contributed by atoms with van der Waals surface area (Å²) in [5, 5.41) is 0. The summed E-state index contributed by atoms with van der Waals surface area (Å²) in [4.78, 5) is 40.7. The number of carbonyl (C=O) groups is 3. The summed E-state index contributed by atoms with van der Waals surface area (Å²) < 4.78 is 17.6. The van der Waals surface area contributed by atoms with Gasteiger partial charge in [-0.2, -0.15) is 0 Å². The Morgan fingerprint density at radius 3 is 1.16 bits per heavy atom. The molecular formula is C60H111NO6. The third-order valence-electron chi connectivity index (χ3n) is 17.2. The van der Waals surface area contributed by atoms with Crippen molar-refractivity contribution in [2.45, 2.75) is 292 Å². The molecule has 0 aromatic carbocycles. The van der Waals surface area contributed by atoms with Crippen LogP contribution in [-0.2, 0) is 28.6 Å². The monoisotopic (exact) mass is 942 g/mol. The van der Waals surface area contributed by atoms with Gasteiger partial charge < -0.3 is 19.1 Å². The Morgan fingerprint density at radius 2 is 0.776 bits per heavy atom. The molecular weight excluding hydrogens is 831 g/mol. The van der Waals surface area contributed by atoms with Gasteiger partial charge in [-0.25, -0.2) is 0 Å². The van der Waals surface area contributed by atoms with E-state index in [9.17, 15) is 14.4 Å². The Labute approximate surface area is 415 Å². The Bertz CT molecular complexity index is 1270. The molecule has 392 valence electrons. The minimum Gasteiger partial charge on any atom is -0.466 e. The molecule has 7 nitrogen and oxygen atoms in total. The standard InChI is InChI=1S/C60H111NO6/c1-7-29-52(30-8-2)33-21-17-13-15-19-23-35-55(62)65-44-26-38-58-41-42-59(39-27-45-67-57(64)37-25-43-61(11-5)12-6)48-54(47-58)49-60(50-58,51-59)40-28-46-66-56(63)36-24-20-16-14-18-22-34-53(31-9-3)32-10-4/h52-54H,7-51H2,1-6H3. The van der Waals surface area contributed by atoms with Crippen molar-refractivity contribution in [2.75, 3.05) is 39.5 Å². The highest BCUT2D eigenvalue weighted by molar-refractivity contribution is 5.69. The molecule has 0 saturated heterocycles. The molecule has 0 aliphatic heterocycles. The molecule has 4 aliphatic rings. The van der Waals surface area contributed by atoms with Crippen LogP contribution in [0, 0.1) is 34.0 Å². The van der Waals surface area contributed by atoms with E-state index in [2.05, 4.69) is 46.4 Å². The second-order valence-electron chi connectivity index (χ2n) is 23.1. The molecule has 0 aromatic rings. The Morgan fingerprint density at radius 1 is 0.433 bits per heavy atom. The molecule has 0 N–H and O–H groups in total. The summed E-state index contributed by atoms with van der Waals surface area (Å²) >= 11 is 0. The van der Waals surface area contributed by atoms with Gasteiger partial charge in [0.2, 0.25) is 0 Å². The van der Waals surface area contributed by atoms with Crippen LogP contribution >= 0.6 is 0 Å². The van der Waals surface area contributed by atoms with Crippen LogP contribution in [-0.4, -0.2) is 62.3 Å². The third-order valence-corrected chi connectivity index (χ3v) is 17.2. The second kappa shape index (κ2) is 35.5. The first kappa shape index (κ1) is 59.7. The first-order valence-corrected chi connectivity index (χ1v) is 29.8. The maximum atomic E-state index is 12.8. The van der Waals surface area contributed by atoms with Gasteiger partial charge in [-0.3, -0.25) is 14.4 Å². The predicted octanol–water partition coefficient (Wildman–Crippen LogP) is 17.1. The minimum atomic E-state index is -0.0440. The number of esters is 3. The number of hydrogen-bond acceptors (Lipinski definition) is 7. The van der Waals surface area contributed by atoms with Gasteiger partial charge in [0, 0.05) is 19.3 Å². The molecule has 0 radical (unpaired) electrons. The first-order valence-electron chi connectivity index (χ1n) is 29.8. The molecule has 4 saturated carbocycles. The molecule has 0 amide bonds. The average molecular weight is 943 g/mol. The molecule has 0 spiro atoms. The van der Waals surface area contributed by atoms with Crippen LogP contribution in [0.2, 0.25) is 0 Å². The summed E-state index contributed by atoms with van der Waals surface area (Å²) in [6.45, 7) is 18.2. The van der Waals surface area contributed by atoms with E-state index in [0.29, 0.717) is 49.9 Å². The van der Waals surface area contributed by atoms with Gasteiger partial charge in [-0.15, -0.1) is 0 Å². The fraction of sp³-hybridized carbons (Fsp3) is 0.950. The lowest BCUT2D eigenvalue weighted by Crippen LogP contribution is -2.45. The summed E-state index contributed by atoms with van der Waals surface area (Å²) in [7, 11) is 0. The largest absolute Gasteiger partial charge is 0.466 e. The lowest BCUT2D eigenvalue weighted by Gasteiger charge is -2.56. The maximum Gasteiger partial charge on any atom is 0.305 e. The minimum absolute atomic E-state index is 0.00714. The van der Waals surface area contributed by atoms with E-state index >= 15 is 0 Å². The fourth-order valence-electron chi connectivity index (χ4n) is 14.2. The summed E-state index contributed by atoms with van der Waals surface area (Å²) in [5.74, 6) is 2.51. The topological polar surface area (TPSA) is 82.1 Å². The molecule has 4 fully saturated rings. The fourth-order valence-corrected chi connectivity index (χ4v) is 14.2. The van der Waals surface area contributed by atoms with E-state index in [1.165, 1.54) is 161 Å². The maximum absolute atomic E-state index is 12.8. The van der Waals surface area contributed by atoms with Crippen LogP contribution in [0.15, 0.2) is 0 Å². The Hall–Kier alpha value is -1.63. The molecule has 4 unspecified atom stereocenters. The molecule has 4 rings (SSSR count). The lowest BCUT2D eigenvalue weighted by atomic mass is 9.49. The van der Waals surface area contributed by atoms with Crippen molar-refractivity contribution in [2.24, 2.45) is 34.0 Å². The molecule has 4 bridgehead atoms. The van der Waals surface area contributed by atoms with Crippen molar-refractivity contribution < 1.29 is 28.6 Å². The average Bonchev–Trinajstić information content (AvgIpc) is 3.47. The van der Waals surface area contributed by atoms with E-state index in [1.807, 2.05) is 0 Å². The smallest absolute Gasteiger partial charge is 0.305 e. The van der Waals surface area contributed by atoms with Gasteiger partial charge in [-0.1, -0.05) is 170 Å². The lowest BCUT2D eigenvalue weighted by molar-refractivity contribution is -0.145. The highest BCUT2D eigenvalue weighted by Crippen LogP contribution is 2.69. The highest BCUT2D eigenvalue weighted by Gasteiger charge is 2.58. The van der Waals surface area contributed by atoms with Gasteiger partial charge in [0.1, 0.15) is 0 Å². The summed E-state index contributed by atoms with van der Waals surface area (Å²) in [5.41, 5.74) is 0.891. The van der Waals surface area contributed by atoms with E-state index in [1.54, 1.807) is 0 Å².